The molecule has 0 atom stereocenters. The lowest BCUT2D eigenvalue weighted by Crippen LogP contribution is -2.35. The van der Waals surface area contributed by atoms with Gasteiger partial charge in [-0.15, -0.1) is 0 Å². The number of carbonyl (C=O) groups is 3. The van der Waals surface area contributed by atoms with E-state index in [2.05, 4.69) is 42.4 Å². The van der Waals surface area contributed by atoms with Crippen LogP contribution >= 0.6 is 45.8 Å². The van der Waals surface area contributed by atoms with Crippen LogP contribution in [-0.2, 0) is 0 Å². The van der Waals surface area contributed by atoms with Crippen molar-refractivity contribution in [2.75, 3.05) is 39.3 Å². The zero-order chi connectivity index (χ0) is 47.0. The summed E-state index contributed by atoms with van der Waals surface area (Å²) in [7, 11) is 0. The summed E-state index contributed by atoms with van der Waals surface area (Å²) < 4.78 is 3.27. The summed E-state index contributed by atoms with van der Waals surface area (Å²) >= 11 is 14.0. The van der Waals surface area contributed by atoms with E-state index in [0.717, 1.165) is 106 Å². The number of aromatic carboxylic acids is 1. The van der Waals surface area contributed by atoms with Crippen LogP contribution in [0.1, 0.15) is 88.9 Å². The van der Waals surface area contributed by atoms with Crippen LogP contribution in [0.4, 0.5) is 0 Å². The van der Waals surface area contributed by atoms with Crippen LogP contribution in [0, 0.1) is 3.57 Å². The van der Waals surface area contributed by atoms with Crippen LogP contribution in [0.5, 0.6) is 0 Å². The van der Waals surface area contributed by atoms with Crippen LogP contribution < -0.4 is 5.32 Å². The molecule has 0 unspecified atom stereocenters. The van der Waals surface area contributed by atoms with Gasteiger partial charge in [-0.25, -0.2) is 4.79 Å². The predicted molar refractivity (Wildman–Crippen MR) is 282 cm³/mol. The van der Waals surface area contributed by atoms with Crippen molar-refractivity contribution < 1.29 is 19.5 Å². The fourth-order valence-corrected chi connectivity index (χ4v) is 9.42. The maximum Gasteiger partial charge on any atom is 0.335 e. The van der Waals surface area contributed by atoms with Gasteiger partial charge in [0.15, 0.2) is 0 Å². The second kappa shape index (κ2) is 25.0. The third-order valence-corrected chi connectivity index (χ3v) is 13.0. The van der Waals surface area contributed by atoms with Gasteiger partial charge in [0.25, 0.3) is 11.8 Å². The number of nitrogens with zero attached hydrogens (tertiary/aromatic N) is 3. The minimum absolute atomic E-state index is 0.145. The summed E-state index contributed by atoms with van der Waals surface area (Å²) in [6.45, 7) is 6.06. The van der Waals surface area contributed by atoms with Crippen LogP contribution in [0.15, 0.2) is 140 Å². The lowest BCUT2D eigenvalue weighted by molar-refractivity contribution is 0.0693. The van der Waals surface area contributed by atoms with Crippen molar-refractivity contribution in [1.29, 1.82) is 0 Å². The molecule has 0 radical (unpaired) electrons. The smallest absolute Gasteiger partial charge is 0.335 e. The average molecular weight is 1050 g/mol. The second-order valence-electron chi connectivity index (χ2n) is 16.8. The van der Waals surface area contributed by atoms with Crippen LogP contribution in [0.2, 0.25) is 10.0 Å². The molecule has 0 spiro atoms. The maximum absolute atomic E-state index is 12.7. The van der Waals surface area contributed by atoms with Crippen molar-refractivity contribution in [2.24, 2.45) is 0 Å². The number of H-pyrrole nitrogens is 2. The SMILES string of the molecule is C1CCNCC1.Clc1cccc(I)c1.O=C(O)c1ccc2[nH]ccc2c1.O=C(c1ccc2[nH]ccc2c1)N1CCCCC1.O=C(c1ccc2c(ccn2-c2cccc(Cl)c2)c1)N1CCCCC1. The molecule has 67 heavy (non-hydrogen) atoms. The van der Waals surface area contributed by atoms with Gasteiger partial charge in [-0.2, -0.15) is 0 Å². The van der Waals surface area contributed by atoms with Gasteiger partial charge in [0.1, 0.15) is 0 Å². The van der Waals surface area contributed by atoms with Crippen molar-refractivity contribution in [3.63, 3.8) is 0 Å². The number of halogens is 3. The van der Waals surface area contributed by atoms with Gasteiger partial charge in [0.05, 0.1) is 11.1 Å². The highest BCUT2D eigenvalue weighted by Gasteiger charge is 2.20. The van der Waals surface area contributed by atoms with E-state index < -0.39 is 5.97 Å². The molecule has 3 aliphatic heterocycles. The normalized spacial score (nSPS) is 14.6. The predicted octanol–water partition coefficient (Wildman–Crippen LogP) is 13.3. The quantitative estimate of drug-likeness (QED) is 0.131. The van der Waals surface area contributed by atoms with Crippen LogP contribution in [-0.4, -0.2) is 86.5 Å². The second-order valence-corrected chi connectivity index (χ2v) is 18.9. The van der Waals surface area contributed by atoms with E-state index >= 15 is 0 Å². The number of rotatable bonds is 4. The molecule has 2 amide bonds. The summed E-state index contributed by atoms with van der Waals surface area (Å²) in [5.74, 6) is -0.571. The van der Waals surface area contributed by atoms with Crippen molar-refractivity contribution in [1.82, 2.24) is 29.7 Å². The fourth-order valence-electron chi connectivity index (χ4n) is 8.32. The van der Waals surface area contributed by atoms with E-state index in [9.17, 15) is 14.4 Å². The Hall–Kier alpha value is -5.60. The Morgan fingerprint density at radius 3 is 1.52 bits per heavy atom. The highest BCUT2D eigenvalue weighted by molar-refractivity contribution is 14.1. The van der Waals surface area contributed by atoms with Gasteiger partial charge < -0.3 is 34.8 Å². The zero-order valence-electron chi connectivity index (χ0n) is 37.5. The molecule has 11 rings (SSSR count). The molecule has 0 bridgehead atoms. The van der Waals surface area contributed by atoms with Crippen molar-refractivity contribution in [3.05, 3.63) is 170 Å². The highest BCUT2D eigenvalue weighted by atomic mass is 127. The molecule has 10 nitrogen and oxygen atoms in total. The molecule has 6 heterocycles. The van der Waals surface area contributed by atoms with Crippen molar-refractivity contribution in [2.45, 2.75) is 57.8 Å². The third-order valence-electron chi connectivity index (χ3n) is 11.9. The summed E-state index contributed by atoms with van der Waals surface area (Å²) in [6.07, 6.45) is 16.9. The molecule has 348 valence electrons. The van der Waals surface area contributed by atoms with E-state index in [1.54, 1.807) is 24.4 Å². The largest absolute Gasteiger partial charge is 0.478 e. The highest BCUT2D eigenvalue weighted by Crippen LogP contribution is 2.25. The van der Waals surface area contributed by atoms with Crippen molar-refractivity contribution >= 4 is 96.3 Å². The summed E-state index contributed by atoms with van der Waals surface area (Å²) in [5, 5.41) is 16.6. The van der Waals surface area contributed by atoms with Crippen LogP contribution in [0.3, 0.4) is 0 Å². The van der Waals surface area contributed by atoms with Gasteiger partial charge in [0, 0.05) is 102 Å². The molecule has 3 aromatic heterocycles. The van der Waals surface area contributed by atoms with Crippen molar-refractivity contribution in [3.8, 4) is 5.69 Å². The lowest BCUT2D eigenvalue weighted by atomic mass is 10.1. The van der Waals surface area contributed by atoms with Gasteiger partial charge in [-0.05, 0) is 196 Å². The Labute approximate surface area is 415 Å². The molecular weight excluding hydrogens is 994 g/mol. The minimum Gasteiger partial charge on any atom is -0.478 e. The van der Waals surface area contributed by atoms with Gasteiger partial charge in [0.2, 0.25) is 0 Å². The molecule has 3 fully saturated rings. The Bertz CT molecular complexity index is 2850. The number of benzene rings is 5. The Morgan fingerprint density at radius 1 is 0.522 bits per heavy atom. The number of fused-ring (bicyclic) bond motifs is 3. The first-order chi connectivity index (χ1) is 32.6. The lowest BCUT2D eigenvalue weighted by Gasteiger charge is -2.26. The zero-order valence-corrected chi connectivity index (χ0v) is 41.2. The third kappa shape index (κ3) is 14.2. The first kappa shape index (κ1) is 49.3. The number of aromatic nitrogens is 3. The van der Waals surface area contributed by atoms with Gasteiger partial charge in [-0.3, -0.25) is 9.59 Å². The monoisotopic (exact) mass is 1050 g/mol. The van der Waals surface area contributed by atoms with E-state index in [-0.39, 0.29) is 11.8 Å². The first-order valence-corrected chi connectivity index (χ1v) is 24.9. The Balaban J connectivity index is 0.000000135. The van der Waals surface area contributed by atoms with Crippen LogP contribution in [0.25, 0.3) is 38.4 Å². The molecule has 8 aromatic rings. The first-order valence-electron chi connectivity index (χ1n) is 23.1. The topological polar surface area (TPSA) is 126 Å². The molecule has 0 aliphatic carbocycles. The molecule has 5 aromatic carbocycles. The number of carbonyl (C=O) groups excluding carboxylic acids is 2. The Morgan fingerprint density at radius 2 is 1.03 bits per heavy atom. The van der Waals surface area contributed by atoms with E-state index in [4.69, 9.17) is 28.3 Å². The van der Waals surface area contributed by atoms with E-state index in [0.29, 0.717) is 10.6 Å². The number of carboxylic acid groups (broad SMARTS) is 1. The van der Waals surface area contributed by atoms with Gasteiger partial charge in [-0.1, -0.05) is 41.8 Å². The number of carboxylic acids is 1. The summed E-state index contributed by atoms with van der Waals surface area (Å²) in [6, 6.07) is 38.2. The Kier molecular flexibility index (Phi) is 18.4. The number of amides is 2. The fraction of sp³-hybridized carbons (Fsp3) is 0.278. The molecule has 4 N–H and O–H groups in total. The van der Waals surface area contributed by atoms with E-state index in [1.807, 2.05) is 125 Å². The van der Waals surface area contributed by atoms with E-state index in [1.165, 1.54) is 48.8 Å². The number of hydrogen-bond acceptors (Lipinski definition) is 4. The number of aromatic amines is 2. The molecular formula is C54H57Cl2IN6O4. The number of piperidine rings is 3. The summed E-state index contributed by atoms with van der Waals surface area (Å²) in [4.78, 5) is 45.6. The molecule has 13 heteroatoms. The minimum atomic E-state index is -0.891. The average Bonchev–Trinajstić information content (AvgIpc) is 4.15. The number of likely N-dealkylation sites (tertiary alicyclic amines) is 2. The number of nitrogens with one attached hydrogen (secondary N) is 3. The molecule has 3 saturated heterocycles. The molecule has 3 aliphatic rings. The molecule has 0 saturated carbocycles. The summed E-state index contributed by atoms with van der Waals surface area (Å²) in [5.41, 5.74) is 6.04. The maximum atomic E-state index is 12.7. The number of hydrogen-bond donors (Lipinski definition) is 4. The van der Waals surface area contributed by atoms with Gasteiger partial charge >= 0.3 is 5.97 Å². The standard InChI is InChI=1S/C20H19ClN2O.C14H16N2O.C9H7NO2.C6H4ClI.C5H11N/c21-17-5-4-6-18(14-17)23-12-9-15-13-16(7-8-19(15)23)20(24)22-10-2-1-3-11-22;17-14(16-8-2-1-3-9-16)12-4-5-13-11(10-12)6-7-15-13;11-9(12)7-1-2-8-6(5-7)3-4-10-8;7-5-2-1-3-6(8)4-5;1-2-4-6-5-3-1/h4-9,12-14H,1-3,10-11H2;4-7,10,15H,1-3,8-9H2;1-5,10H,(H,11,12);1-4H;6H,1-5H2.